The van der Waals surface area contributed by atoms with E-state index >= 15 is 0 Å². The second kappa shape index (κ2) is 5.36. The summed E-state index contributed by atoms with van der Waals surface area (Å²) in [5.41, 5.74) is 8.66. The number of benzene rings is 1. The van der Waals surface area contributed by atoms with Crippen molar-refractivity contribution in [2.75, 3.05) is 5.73 Å². The topological polar surface area (TPSA) is 73.9 Å². The fraction of sp³-hybridized carbons (Fsp3) is 0.188. The average molecular weight is 280 g/mol. The Bertz CT molecular complexity index is 772. The van der Waals surface area contributed by atoms with Crippen LogP contribution in [0.5, 0.6) is 5.88 Å². The molecule has 0 aliphatic rings. The minimum Gasteiger partial charge on any atom is -0.474 e. The van der Waals surface area contributed by atoms with Crippen molar-refractivity contribution in [3.05, 3.63) is 42.7 Å². The summed E-state index contributed by atoms with van der Waals surface area (Å²) in [6.45, 7) is 3.91. The van der Waals surface area contributed by atoms with Crippen LogP contribution < -0.4 is 10.5 Å². The predicted molar refractivity (Wildman–Crippen MR) is 82.9 cm³/mol. The quantitative estimate of drug-likeness (QED) is 0.798. The van der Waals surface area contributed by atoms with Gasteiger partial charge in [0.15, 0.2) is 0 Å². The molecule has 21 heavy (non-hydrogen) atoms. The Morgan fingerprint density at radius 2 is 1.76 bits per heavy atom. The van der Waals surface area contributed by atoms with E-state index < -0.39 is 0 Å². The van der Waals surface area contributed by atoms with E-state index in [4.69, 9.17) is 10.5 Å². The van der Waals surface area contributed by atoms with Gasteiger partial charge in [-0.3, -0.25) is 4.98 Å². The lowest BCUT2D eigenvalue weighted by Gasteiger charge is -2.12. The Kier molecular flexibility index (Phi) is 3.39. The minimum atomic E-state index is 0.0204. The molecule has 5 nitrogen and oxygen atoms in total. The smallest absolute Gasteiger partial charge is 0.226 e. The molecule has 2 N–H and O–H groups in total. The third-order valence-electron chi connectivity index (χ3n) is 3.04. The SMILES string of the molecule is CC(C)Oc1nc(N)nc2ccc(-c3ccncc3)cc12. The summed E-state index contributed by atoms with van der Waals surface area (Å²) < 4.78 is 5.76. The van der Waals surface area contributed by atoms with Gasteiger partial charge in [-0.1, -0.05) is 6.07 Å². The summed E-state index contributed by atoms with van der Waals surface area (Å²) in [4.78, 5) is 12.5. The zero-order chi connectivity index (χ0) is 14.8. The highest BCUT2D eigenvalue weighted by atomic mass is 16.5. The van der Waals surface area contributed by atoms with E-state index in [2.05, 4.69) is 15.0 Å². The van der Waals surface area contributed by atoms with Gasteiger partial charge in [0.05, 0.1) is 17.0 Å². The number of hydrogen-bond donors (Lipinski definition) is 1. The highest BCUT2D eigenvalue weighted by Crippen LogP contribution is 2.29. The van der Waals surface area contributed by atoms with Gasteiger partial charge in [-0.2, -0.15) is 4.98 Å². The molecule has 0 radical (unpaired) electrons. The Hall–Kier alpha value is -2.69. The van der Waals surface area contributed by atoms with Gasteiger partial charge in [0.2, 0.25) is 11.8 Å². The second-order valence-electron chi connectivity index (χ2n) is 5.02. The molecule has 0 saturated heterocycles. The fourth-order valence-corrected chi connectivity index (χ4v) is 2.15. The first-order valence-corrected chi connectivity index (χ1v) is 6.78. The molecule has 0 spiro atoms. The predicted octanol–water partition coefficient (Wildman–Crippen LogP) is 3.06. The Morgan fingerprint density at radius 3 is 2.48 bits per heavy atom. The van der Waals surface area contributed by atoms with Crippen molar-refractivity contribution in [3.63, 3.8) is 0 Å². The largest absolute Gasteiger partial charge is 0.474 e. The van der Waals surface area contributed by atoms with Crippen LogP contribution in [0.25, 0.3) is 22.0 Å². The average Bonchev–Trinajstić information content (AvgIpc) is 2.47. The fourth-order valence-electron chi connectivity index (χ4n) is 2.15. The molecule has 106 valence electrons. The lowest BCUT2D eigenvalue weighted by atomic mass is 10.1. The van der Waals surface area contributed by atoms with Crippen molar-refractivity contribution >= 4 is 16.9 Å². The van der Waals surface area contributed by atoms with Gasteiger partial charge in [0.1, 0.15) is 0 Å². The van der Waals surface area contributed by atoms with E-state index in [9.17, 15) is 0 Å². The molecular formula is C16H16N4O. The summed E-state index contributed by atoms with van der Waals surface area (Å²) in [5, 5.41) is 0.854. The van der Waals surface area contributed by atoms with E-state index in [1.807, 2.05) is 44.2 Å². The number of fused-ring (bicyclic) bond motifs is 1. The molecule has 0 atom stereocenters. The molecule has 3 rings (SSSR count). The van der Waals surface area contributed by atoms with E-state index in [-0.39, 0.29) is 12.1 Å². The molecule has 0 unspecified atom stereocenters. The maximum absolute atomic E-state index is 5.76. The molecule has 0 saturated carbocycles. The van der Waals surface area contributed by atoms with Crippen LogP contribution in [0.3, 0.4) is 0 Å². The van der Waals surface area contributed by atoms with E-state index in [1.54, 1.807) is 12.4 Å². The normalized spacial score (nSPS) is 11.0. The van der Waals surface area contributed by atoms with Gasteiger partial charge < -0.3 is 10.5 Å². The van der Waals surface area contributed by atoms with Crippen molar-refractivity contribution in [3.8, 4) is 17.0 Å². The molecule has 0 bridgehead atoms. The highest BCUT2D eigenvalue weighted by molar-refractivity contribution is 5.88. The van der Waals surface area contributed by atoms with E-state index in [1.165, 1.54) is 0 Å². The molecule has 0 amide bonds. The minimum absolute atomic E-state index is 0.0204. The maximum Gasteiger partial charge on any atom is 0.226 e. The zero-order valence-electron chi connectivity index (χ0n) is 11.9. The number of anilines is 1. The first-order chi connectivity index (χ1) is 10.1. The number of rotatable bonds is 3. The third kappa shape index (κ3) is 2.76. The van der Waals surface area contributed by atoms with Crippen molar-refractivity contribution in [2.24, 2.45) is 0 Å². The standard InChI is InChI=1S/C16H16N4O/c1-10(2)21-15-13-9-12(11-5-7-18-8-6-11)3-4-14(13)19-16(17)20-15/h3-10H,1-2H3,(H2,17,19,20). The molecule has 0 fully saturated rings. The van der Waals surface area contributed by atoms with Crippen molar-refractivity contribution in [1.82, 2.24) is 15.0 Å². The molecule has 2 aromatic heterocycles. The number of hydrogen-bond acceptors (Lipinski definition) is 5. The van der Waals surface area contributed by atoms with Crippen LogP contribution in [0.1, 0.15) is 13.8 Å². The lowest BCUT2D eigenvalue weighted by molar-refractivity contribution is 0.236. The Labute approximate surface area is 122 Å². The molecule has 2 heterocycles. The van der Waals surface area contributed by atoms with Gasteiger partial charge in [0, 0.05) is 12.4 Å². The molecule has 0 aliphatic heterocycles. The van der Waals surface area contributed by atoms with Crippen molar-refractivity contribution in [2.45, 2.75) is 20.0 Å². The number of aromatic nitrogens is 3. The number of ether oxygens (including phenoxy) is 1. The Morgan fingerprint density at radius 1 is 1.00 bits per heavy atom. The molecular weight excluding hydrogens is 264 g/mol. The van der Waals surface area contributed by atoms with Crippen molar-refractivity contribution < 1.29 is 4.74 Å². The second-order valence-corrected chi connectivity index (χ2v) is 5.02. The number of nitrogens with two attached hydrogens (primary N) is 1. The van der Waals surface area contributed by atoms with E-state index in [0.717, 1.165) is 22.0 Å². The summed E-state index contributed by atoms with van der Waals surface area (Å²) in [5.74, 6) is 0.734. The van der Waals surface area contributed by atoms with Crippen LogP contribution in [0.15, 0.2) is 42.7 Å². The summed E-state index contributed by atoms with van der Waals surface area (Å²) in [7, 11) is 0. The van der Waals surface area contributed by atoms with Gasteiger partial charge in [-0.05, 0) is 49.2 Å². The van der Waals surface area contributed by atoms with Crippen LogP contribution in [0, 0.1) is 0 Å². The van der Waals surface area contributed by atoms with Crippen LogP contribution in [0.4, 0.5) is 5.95 Å². The van der Waals surface area contributed by atoms with Gasteiger partial charge >= 0.3 is 0 Å². The van der Waals surface area contributed by atoms with Crippen LogP contribution in [-0.2, 0) is 0 Å². The lowest BCUT2D eigenvalue weighted by Crippen LogP contribution is -2.09. The van der Waals surface area contributed by atoms with E-state index in [0.29, 0.717) is 5.88 Å². The first kappa shape index (κ1) is 13.3. The molecule has 5 heteroatoms. The van der Waals surface area contributed by atoms with Gasteiger partial charge in [-0.15, -0.1) is 0 Å². The monoisotopic (exact) mass is 280 g/mol. The summed E-state index contributed by atoms with van der Waals surface area (Å²) in [6.07, 6.45) is 3.56. The number of nitrogen functional groups attached to an aromatic ring is 1. The maximum atomic E-state index is 5.76. The van der Waals surface area contributed by atoms with Crippen LogP contribution in [0.2, 0.25) is 0 Å². The molecule has 0 aliphatic carbocycles. The third-order valence-corrected chi connectivity index (χ3v) is 3.04. The van der Waals surface area contributed by atoms with Crippen LogP contribution >= 0.6 is 0 Å². The summed E-state index contributed by atoms with van der Waals surface area (Å²) >= 11 is 0. The zero-order valence-corrected chi connectivity index (χ0v) is 11.9. The van der Waals surface area contributed by atoms with Gasteiger partial charge in [0.25, 0.3) is 0 Å². The number of nitrogens with zero attached hydrogens (tertiary/aromatic N) is 3. The Balaban J connectivity index is 2.17. The van der Waals surface area contributed by atoms with Crippen LogP contribution in [-0.4, -0.2) is 21.1 Å². The first-order valence-electron chi connectivity index (χ1n) is 6.78. The molecule has 3 aromatic rings. The number of pyridine rings is 1. The van der Waals surface area contributed by atoms with Gasteiger partial charge in [-0.25, -0.2) is 4.98 Å². The highest BCUT2D eigenvalue weighted by Gasteiger charge is 2.10. The summed E-state index contributed by atoms with van der Waals surface area (Å²) in [6, 6.07) is 9.87. The van der Waals surface area contributed by atoms with Crippen molar-refractivity contribution in [1.29, 1.82) is 0 Å². The molecule has 1 aromatic carbocycles.